The van der Waals surface area contributed by atoms with Crippen molar-refractivity contribution < 1.29 is 14.1 Å². The van der Waals surface area contributed by atoms with E-state index in [1.807, 2.05) is 36.1 Å². The number of aromatic nitrogens is 2. The largest absolute Gasteiger partial charge is 0.497 e. The third-order valence-corrected chi connectivity index (χ3v) is 5.59. The van der Waals surface area contributed by atoms with Gasteiger partial charge in [-0.2, -0.15) is 0 Å². The molecular weight excluding hydrogens is 366 g/mol. The Balaban J connectivity index is 1.41. The monoisotopic (exact) mass is 391 g/mol. The van der Waals surface area contributed by atoms with Crippen molar-refractivity contribution in [2.75, 3.05) is 20.2 Å². The van der Waals surface area contributed by atoms with Crippen molar-refractivity contribution in [3.63, 3.8) is 0 Å². The van der Waals surface area contributed by atoms with E-state index in [-0.39, 0.29) is 5.91 Å². The second-order valence-corrected chi connectivity index (χ2v) is 7.50. The summed E-state index contributed by atoms with van der Waals surface area (Å²) in [5, 5.41) is 4.03. The van der Waals surface area contributed by atoms with Crippen LogP contribution >= 0.6 is 0 Å². The topological polar surface area (TPSA) is 68.5 Å². The Labute approximate surface area is 170 Å². The number of carbonyl (C=O) groups is 1. The van der Waals surface area contributed by atoms with Crippen molar-refractivity contribution in [1.82, 2.24) is 15.0 Å². The van der Waals surface area contributed by atoms with Gasteiger partial charge >= 0.3 is 0 Å². The Bertz CT molecular complexity index is 959. The van der Waals surface area contributed by atoms with Crippen LogP contribution in [0, 0.1) is 12.8 Å². The number of amides is 1. The van der Waals surface area contributed by atoms with Crippen molar-refractivity contribution in [2.24, 2.45) is 5.92 Å². The summed E-state index contributed by atoms with van der Waals surface area (Å²) in [6.45, 7) is 3.31. The minimum atomic E-state index is -0.00880. The van der Waals surface area contributed by atoms with Crippen molar-refractivity contribution in [3.05, 3.63) is 65.6 Å². The molecule has 1 aromatic carbocycles. The first-order valence-corrected chi connectivity index (χ1v) is 9.94. The number of piperidine rings is 1. The fraction of sp³-hybridized carbons (Fsp3) is 0.348. The molecule has 0 radical (unpaired) electrons. The molecule has 0 spiro atoms. The van der Waals surface area contributed by atoms with E-state index in [4.69, 9.17) is 9.26 Å². The second kappa shape index (κ2) is 8.47. The first kappa shape index (κ1) is 19.2. The number of carbonyl (C=O) groups excluding carboxylic acids is 1. The SMILES string of the molecule is COc1ccc(CC2CCN(C(=O)c3c(C)noc3-c3cccnc3)CC2)cc1. The third-order valence-electron chi connectivity index (χ3n) is 5.59. The fourth-order valence-corrected chi connectivity index (χ4v) is 3.91. The molecule has 0 unspecified atom stereocenters. The van der Waals surface area contributed by atoms with E-state index >= 15 is 0 Å². The summed E-state index contributed by atoms with van der Waals surface area (Å²) < 4.78 is 10.7. The van der Waals surface area contributed by atoms with Gasteiger partial charge in [0, 0.05) is 31.0 Å². The molecule has 1 saturated heterocycles. The molecule has 0 bridgehead atoms. The van der Waals surface area contributed by atoms with Gasteiger partial charge in [-0.1, -0.05) is 17.3 Å². The molecule has 3 aromatic rings. The van der Waals surface area contributed by atoms with Crippen LogP contribution in [0.25, 0.3) is 11.3 Å². The molecule has 1 fully saturated rings. The van der Waals surface area contributed by atoms with Gasteiger partial charge in [-0.05, 0) is 61.9 Å². The molecule has 3 heterocycles. The van der Waals surface area contributed by atoms with E-state index in [2.05, 4.69) is 22.3 Å². The van der Waals surface area contributed by atoms with Gasteiger partial charge in [0.1, 0.15) is 11.3 Å². The van der Waals surface area contributed by atoms with Crippen LogP contribution in [0.2, 0.25) is 0 Å². The zero-order valence-corrected chi connectivity index (χ0v) is 16.8. The predicted octanol–water partition coefficient (Wildman–Crippen LogP) is 4.15. The van der Waals surface area contributed by atoms with Gasteiger partial charge in [0.05, 0.1) is 12.8 Å². The quantitative estimate of drug-likeness (QED) is 0.654. The summed E-state index contributed by atoms with van der Waals surface area (Å²) in [6, 6.07) is 12.0. The summed E-state index contributed by atoms with van der Waals surface area (Å²) in [5.41, 5.74) is 3.25. The number of ether oxygens (including phenoxy) is 1. The highest BCUT2D eigenvalue weighted by atomic mass is 16.5. The van der Waals surface area contributed by atoms with Crippen molar-refractivity contribution in [1.29, 1.82) is 0 Å². The molecule has 1 aliphatic rings. The minimum absolute atomic E-state index is 0.00880. The number of nitrogens with zero attached hydrogens (tertiary/aromatic N) is 3. The van der Waals surface area contributed by atoms with E-state index in [0.29, 0.717) is 22.9 Å². The standard InChI is InChI=1S/C23H25N3O3/c1-16-21(22(29-25-16)19-4-3-11-24-15-19)23(27)26-12-9-18(10-13-26)14-17-5-7-20(28-2)8-6-17/h3-8,11,15,18H,9-10,12-14H2,1-2H3. The molecule has 2 aromatic heterocycles. The lowest BCUT2D eigenvalue weighted by atomic mass is 9.90. The average Bonchev–Trinajstić information content (AvgIpc) is 3.16. The number of benzene rings is 1. The van der Waals surface area contributed by atoms with Gasteiger partial charge in [-0.3, -0.25) is 9.78 Å². The second-order valence-electron chi connectivity index (χ2n) is 7.50. The number of methoxy groups -OCH3 is 1. The smallest absolute Gasteiger partial charge is 0.259 e. The van der Waals surface area contributed by atoms with Gasteiger partial charge in [-0.25, -0.2) is 0 Å². The van der Waals surface area contributed by atoms with Crippen LogP contribution in [0.4, 0.5) is 0 Å². The van der Waals surface area contributed by atoms with Gasteiger partial charge in [0.15, 0.2) is 5.76 Å². The highest BCUT2D eigenvalue weighted by Crippen LogP contribution is 2.29. The zero-order chi connectivity index (χ0) is 20.2. The van der Waals surface area contributed by atoms with Crippen molar-refractivity contribution in [2.45, 2.75) is 26.2 Å². The molecule has 6 heteroatoms. The molecule has 0 N–H and O–H groups in total. The van der Waals surface area contributed by atoms with Gasteiger partial charge < -0.3 is 14.2 Å². The number of aryl methyl sites for hydroxylation is 1. The Morgan fingerprint density at radius 1 is 1.21 bits per heavy atom. The summed E-state index contributed by atoms with van der Waals surface area (Å²) in [5.74, 6) is 1.95. The zero-order valence-electron chi connectivity index (χ0n) is 16.8. The van der Waals surface area contributed by atoms with Crippen LogP contribution in [0.3, 0.4) is 0 Å². The van der Waals surface area contributed by atoms with Crippen LogP contribution in [-0.4, -0.2) is 41.1 Å². The minimum Gasteiger partial charge on any atom is -0.497 e. The lowest BCUT2D eigenvalue weighted by Gasteiger charge is -2.32. The molecular formula is C23H25N3O3. The summed E-state index contributed by atoms with van der Waals surface area (Å²) in [4.78, 5) is 19.2. The van der Waals surface area contributed by atoms with E-state index < -0.39 is 0 Å². The Kier molecular flexibility index (Phi) is 5.60. The molecule has 1 amide bonds. The average molecular weight is 391 g/mol. The van der Waals surface area contributed by atoms with Crippen LogP contribution in [0.1, 0.15) is 34.5 Å². The predicted molar refractivity (Wildman–Crippen MR) is 110 cm³/mol. The highest BCUT2D eigenvalue weighted by molar-refractivity contribution is 6.00. The summed E-state index contributed by atoms with van der Waals surface area (Å²) in [7, 11) is 1.68. The molecule has 4 rings (SSSR count). The third kappa shape index (κ3) is 4.16. The number of likely N-dealkylation sites (tertiary alicyclic amines) is 1. The van der Waals surface area contributed by atoms with E-state index in [0.717, 1.165) is 43.7 Å². The highest BCUT2D eigenvalue weighted by Gasteiger charge is 2.29. The maximum Gasteiger partial charge on any atom is 0.259 e. The molecule has 150 valence electrons. The van der Waals surface area contributed by atoms with Crippen molar-refractivity contribution in [3.8, 4) is 17.1 Å². The van der Waals surface area contributed by atoms with Crippen LogP contribution < -0.4 is 4.74 Å². The van der Waals surface area contributed by atoms with Crippen LogP contribution in [0.15, 0.2) is 53.3 Å². The Hall–Kier alpha value is -3.15. The van der Waals surface area contributed by atoms with E-state index in [1.165, 1.54) is 5.56 Å². The molecule has 29 heavy (non-hydrogen) atoms. The summed E-state index contributed by atoms with van der Waals surface area (Å²) >= 11 is 0. The molecule has 0 saturated carbocycles. The normalized spacial score (nSPS) is 14.8. The lowest BCUT2D eigenvalue weighted by Crippen LogP contribution is -2.39. The lowest BCUT2D eigenvalue weighted by molar-refractivity contribution is 0.0690. The number of hydrogen-bond acceptors (Lipinski definition) is 5. The number of rotatable bonds is 5. The molecule has 0 aliphatic carbocycles. The van der Waals surface area contributed by atoms with E-state index in [1.54, 1.807) is 19.5 Å². The maximum absolute atomic E-state index is 13.2. The number of pyridine rings is 1. The van der Waals surface area contributed by atoms with Gasteiger partial charge in [0.2, 0.25) is 0 Å². The summed E-state index contributed by atoms with van der Waals surface area (Å²) in [6.07, 6.45) is 6.40. The van der Waals surface area contributed by atoms with Crippen LogP contribution in [0.5, 0.6) is 5.75 Å². The molecule has 6 nitrogen and oxygen atoms in total. The van der Waals surface area contributed by atoms with Crippen LogP contribution in [-0.2, 0) is 6.42 Å². The Morgan fingerprint density at radius 2 is 1.97 bits per heavy atom. The fourth-order valence-electron chi connectivity index (χ4n) is 3.91. The van der Waals surface area contributed by atoms with Gasteiger partial charge in [0.25, 0.3) is 5.91 Å². The molecule has 1 aliphatic heterocycles. The first-order valence-electron chi connectivity index (χ1n) is 9.94. The Morgan fingerprint density at radius 3 is 2.62 bits per heavy atom. The first-order chi connectivity index (χ1) is 14.2. The number of hydrogen-bond donors (Lipinski definition) is 0. The molecule has 0 atom stereocenters. The van der Waals surface area contributed by atoms with E-state index in [9.17, 15) is 4.79 Å². The van der Waals surface area contributed by atoms with Crippen molar-refractivity contribution >= 4 is 5.91 Å². The maximum atomic E-state index is 13.2. The van der Waals surface area contributed by atoms with Gasteiger partial charge in [-0.15, -0.1) is 0 Å².